The number of alkyl halides is 3. The Morgan fingerprint density at radius 2 is 1.38 bits per heavy atom. The molecular weight excluding hydrogens is 294 g/mol. The molecule has 0 N–H and O–H groups in total. The van der Waals surface area contributed by atoms with E-state index < -0.39 is 34.8 Å². The lowest BCUT2D eigenvalue weighted by Crippen LogP contribution is -2.09. The smallest absolute Gasteiger partial charge is 0.207 e. The quantitative estimate of drug-likeness (QED) is 0.642. The molecule has 21 heavy (non-hydrogen) atoms. The van der Waals surface area contributed by atoms with E-state index in [2.05, 4.69) is 0 Å². The number of benzene rings is 2. The molecule has 0 fully saturated rings. The molecule has 0 bridgehead atoms. The van der Waals surface area contributed by atoms with Gasteiger partial charge in [-0.1, -0.05) is 30.3 Å². The first-order chi connectivity index (χ1) is 9.80. The lowest BCUT2D eigenvalue weighted by Gasteiger charge is -2.15. The van der Waals surface area contributed by atoms with Gasteiger partial charge in [-0.2, -0.15) is 22.0 Å². The third-order valence-electron chi connectivity index (χ3n) is 2.82. The molecule has 0 aliphatic heterocycles. The van der Waals surface area contributed by atoms with Gasteiger partial charge in [0.2, 0.25) is 0 Å². The molecule has 0 unspecified atom stereocenters. The van der Waals surface area contributed by atoms with Crippen LogP contribution in [-0.4, -0.2) is 0 Å². The minimum Gasteiger partial charge on any atom is -0.207 e. The number of hydrogen-bond acceptors (Lipinski definition) is 0. The highest BCUT2D eigenvalue weighted by Crippen LogP contribution is 2.38. The van der Waals surface area contributed by atoms with Crippen LogP contribution in [0.25, 0.3) is 5.57 Å². The summed E-state index contributed by atoms with van der Waals surface area (Å²) in [7, 11) is 0. The molecule has 6 heteroatoms. The van der Waals surface area contributed by atoms with Gasteiger partial charge in [0, 0.05) is 0 Å². The van der Waals surface area contributed by atoms with Gasteiger partial charge in [0.15, 0.2) is 0 Å². The van der Waals surface area contributed by atoms with Crippen LogP contribution in [0.3, 0.4) is 0 Å². The Kier molecular flexibility index (Phi) is 4.06. The summed E-state index contributed by atoms with van der Waals surface area (Å²) in [6.07, 6.45) is -7.03. The highest BCUT2D eigenvalue weighted by Gasteiger charge is 2.34. The van der Waals surface area contributed by atoms with Gasteiger partial charge in [0.1, 0.15) is 5.82 Å². The Hall–Kier alpha value is -2.24. The minimum absolute atomic E-state index is 0.187. The van der Waals surface area contributed by atoms with E-state index in [0.717, 1.165) is 42.5 Å². The summed E-state index contributed by atoms with van der Waals surface area (Å²) in [5.41, 5.74) is -2.86. The average molecular weight is 302 g/mol. The summed E-state index contributed by atoms with van der Waals surface area (Å²) in [5.74, 6) is -0.665. The molecule has 0 amide bonds. The molecule has 0 aromatic heterocycles. The van der Waals surface area contributed by atoms with E-state index in [0.29, 0.717) is 0 Å². The van der Waals surface area contributed by atoms with Crippen molar-refractivity contribution in [2.45, 2.75) is 6.18 Å². The van der Waals surface area contributed by atoms with Gasteiger partial charge < -0.3 is 0 Å². The average Bonchev–Trinajstić information content (AvgIpc) is 2.40. The fourth-order valence-corrected chi connectivity index (χ4v) is 1.93. The van der Waals surface area contributed by atoms with Crippen LogP contribution >= 0.6 is 0 Å². The number of halogens is 6. The van der Waals surface area contributed by atoms with Crippen molar-refractivity contribution in [3.05, 3.63) is 77.1 Å². The van der Waals surface area contributed by atoms with E-state index in [1.54, 1.807) is 0 Å². The first-order valence-electron chi connectivity index (χ1n) is 5.78. The Morgan fingerprint density at radius 1 is 0.810 bits per heavy atom. The van der Waals surface area contributed by atoms with Crippen molar-refractivity contribution < 1.29 is 26.3 Å². The zero-order valence-corrected chi connectivity index (χ0v) is 10.4. The van der Waals surface area contributed by atoms with Crippen LogP contribution in [0.15, 0.2) is 54.6 Å². The van der Waals surface area contributed by atoms with Gasteiger partial charge in [0.05, 0.1) is 11.1 Å². The van der Waals surface area contributed by atoms with Crippen molar-refractivity contribution in [3.8, 4) is 0 Å². The lowest BCUT2D eigenvalue weighted by molar-refractivity contribution is -0.137. The van der Waals surface area contributed by atoms with E-state index in [1.807, 2.05) is 0 Å². The van der Waals surface area contributed by atoms with E-state index in [-0.39, 0.29) is 5.56 Å². The van der Waals surface area contributed by atoms with Crippen LogP contribution < -0.4 is 0 Å². The van der Waals surface area contributed by atoms with Crippen LogP contribution in [0.5, 0.6) is 0 Å². The van der Waals surface area contributed by atoms with E-state index in [4.69, 9.17) is 0 Å². The summed E-state index contributed by atoms with van der Waals surface area (Å²) in [6, 6.07) is 7.88. The van der Waals surface area contributed by atoms with E-state index in [9.17, 15) is 26.3 Å². The molecular formula is C15H8F6. The second kappa shape index (κ2) is 5.63. The first kappa shape index (κ1) is 15.2. The number of hydrogen-bond donors (Lipinski definition) is 0. The summed E-state index contributed by atoms with van der Waals surface area (Å²) >= 11 is 0. The van der Waals surface area contributed by atoms with Crippen molar-refractivity contribution >= 4 is 5.57 Å². The molecule has 0 spiro atoms. The molecule has 0 heterocycles. The maximum Gasteiger partial charge on any atom is 0.417 e. The fraction of sp³-hybridized carbons (Fsp3) is 0.0667. The minimum atomic E-state index is -4.77. The van der Waals surface area contributed by atoms with Crippen molar-refractivity contribution in [3.63, 3.8) is 0 Å². The third kappa shape index (κ3) is 3.26. The van der Waals surface area contributed by atoms with E-state index in [1.165, 1.54) is 6.07 Å². The summed E-state index contributed by atoms with van der Waals surface area (Å²) < 4.78 is 77.9. The lowest BCUT2D eigenvalue weighted by atomic mass is 9.94. The van der Waals surface area contributed by atoms with Crippen molar-refractivity contribution in [2.75, 3.05) is 0 Å². The van der Waals surface area contributed by atoms with Gasteiger partial charge in [0.25, 0.3) is 6.08 Å². The normalized spacial score (nSPS) is 11.3. The zero-order valence-electron chi connectivity index (χ0n) is 10.4. The Labute approximate surface area is 116 Å². The summed E-state index contributed by atoms with van der Waals surface area (Å²) in [6.45, 7) is 0. The molecule has 0 saturated heterocycles. The van der Waals surface area contributed by atoms with Gasteiger partial charge in [-0.3, -0.25) is 0 Å². The van der Waals surface area contributed by atoms with Crippen LogP contribution in [0.2, 0.25) is 0 Å². The molecule has 0 saturated carbocycles. The van der Waals surface area contributed by atoms with Gasteiger partial charge >= 0.3 is 6.18 Å². The van der Waals surface area contributed by atoms with Crippen LogP contribution in [0.4, 0.5) is 26.3 Å². The van der Waals surface area contributed by atoms with Crippen LogP contribution in [0, 0.1) is 5.82 Å². The molecule has 110 valence electrons. The molecule has 2 aromatic rings. The molecule has 2 aromatic carbocycles. The van der Waals surface area contributed by atoms with Crippen LogP contribution in [-0.2, 0) is 6.18 Å². The van der Waals surface area contributed by atoms with Crippen LogP contribution in [0.1, 0.15) is 16.7 Å². The molecule has 0 atom stereocenters. The Morgan fingerprint density at radius 3 is 1.90 bits per heavy atom. The Balaban J connectivity index is 2.67. The fourth-order valence-electron chi connectivity index (χ4n) is 1.93. The van der Waals surface area contributed by atoms with Crippen molar-refractivity contribution in [1.82, 2.24) is 0 Å². The summed E-state index contributed by atoms with van der Waals surface area (Å²) in [4.78, 5) is 0. The first-order valence-corrected chi connectivity index (χ1v) is 5.78. The molecule has 0 aliphatic rings. The second-order valence-electron chi connectivity index (χ2n) is 4.19. The molecule has 2 rings (SSSR count). The predicted molar refractivity (Wildman–Crippen MR) is 66.1 cm³/mol. The predicted octanol–water partition coefficient (Wildman–Crippen LogP) is 5.50. The third-order valence-corrected chi connectivity index (χ3v) is 2.82. The zero-order chi connectivity index (χ0) is 15.6. The number of rotatable bonds is 2. The van der Waals surface area contributed by atoms with Crippen molar-refractivity contribution in [1.29, 1.82) is 0 Å². The van der Waals surface area contributed by atoms with E-state index >= 15 is 0 Å². The SMILES string of the molecule is FC(F)=C(c1ccc(F)cc1)c1ccccc1C(F)(F)F. The second-order valence-corrected chi connectivity index (χ2v) is 4.19. The van der Waals surface area contributed by atoms with Gasteiger partial charge in [-0.25, -0.2) is 4.39 Å². The van der Waals surface area contributed by atoms with Gasteiger partial charge in [-0.05, 0) is 29.3 Å². The maximum absolute atomic E-state index is 13.2. The molecule has 0 aliphatic carbocycles. The maximum atomic E-state index is 13.2. The standard InChI is InChI=1S/C15H8F6/c16-10-7-5-9(6-8-10)13(14(17)18)11-3-1-2-4-12(11)15(19,20)21/h1-8H. The van der Waals surface area contributed by atoms with Crippen molar-refractivity contribution in [2.24, 2.45) is 0 Å². The highest BCUT2D eigenvalue weighted by molar-refractivity contribution is 5.82. The molecule has 0 radical (unpaired) electrons. The molecule has 0 nitrogen and oxygen atoms in total. The van der Waals surface area contributed by atoms with Gasteiger partial charge in [-0.15, -0.1) is 0 Å². The topological polar surface area (TPSA) is 0 Å². The summed E-state index contributed by atoms with van der Waals surface area (Å²) in [5, 5.41) is 0. The monoisotopic (exact) mass is 302 g/mol. The highest BCUT2D eigenvalue weighted by atomic mass is 19.4. The Bertz CT molecular complexity index is 663. The largest absolute Gasteiger partial charge is 0.417 e.